The highest BCUT2D eigenvalue weighted by Gasteiger charge is 2.27. The van der Waals surface area contributed by atoms with Crippen molar-refractivity contribution in [3.8, 4) is 0 Å². The van der Waals surface area contributed by atoms with E-state index in [9.17, 15) is 4.79 Å². The average Bonchev–Trinajstić information content (AvgIpc) is 2.35. The van der Waals surface area contributed by atoms with E-state index in [-0.39, 0.29) is 0 Å². The first-order valence-electron chi connectivity index (χ1n) is 3.55. The fourth-order valence-electron chi connectivity index (χ4n) is 0.755. The van der Waals surface area contributed by atoms with Gasteiger partial charge in [0, 0.05) is 6.20 Å². The van der Waals surface area contributed by atoms with E-state index in [2.05, 4.69) is 5.10 Å². The molecule has 0 aliphatic heterocycles. The van der Waals surface area contributed by atoms with E-state index in [0.717, 1.165) is 0 Å². The first-order chi connectivity index (χ1) is 5.44. The fraction of sp³-hybridized carbons (Fsp3) is 0.429. The molecule has 0 aliphatic carbocycles. The smallest absolute Gasteiger partial charge is 0.244 e. The molecule has 1 aromatic heterocycles. The van der Waals surface area contributed by atoms with E-state index in [4.69, 9.17) is 11.5 Å². The number of primary amides is 1. The van der Waals surface area contributed by atoms with Gasteiger partial charge < -0.3 is 11.5 Å². The summed E-state index contributed by atoms with van der Waals surface area (Å²) >= 11 is 0. The zero-order valence-corrected chi connectivity index (χ0v) is 7.11. The highest BCUT2D eigenvalue weighted by Crippen LogP contribution is 2.14. The zero-order valence-electron chi connectivity index (χ0n) is 7.11. The van der Waals surface area contributed by atoms with Gasteiger partial charge in [-0.3, -0.25) is 9.48 Å². The number of nitrogen functional groups attached to an aromatic ring is 1. The van der Waals surface area contributed by atoms with Gasteiger partial charge in [-0.25, -0.2) is 0 Å². The number of nitrogens with zero attached hydrogens (tertiary/aromatic N) is 2. The number of anilines is 1. The minimum Gasteiger partial charge on any atom is -0.396 e. The van der Waals surface area contributed by atoms with Crippen molar-refractivity contribution in [3.05, 3.63) is 12.4 Å². The summed E-state index contributed by atoms with van der Waals surface area (Å²) in [4.78, 5) is 11.0. The number of amides is 1. The Morgan fingerprint density at radius 1 is 1.67 bits per heavy atom. The molecule has 66 valence electrons. The second-order valence-corrected chi connectivity index (χ2v) is 3.14. The van der Waals surface area contributed by atoms with Gasteiger partial charge in [0.1, 0.15) is 5.54 Å². The van der Waals surface area contributed by atoms with Gasteiger partial charge in [-0.2, -0.15) is 5.10 Å². The molecule has 0 radical (unpaired) electrons. The Kier molecular flexibility index (Phi) is 1.79. The Hall–Kier alpha value is -1.52. The van der Waals surface area contributed by atoms with Crippen LogP contribution in [0.5, 0.6) is 0 Å². The van der Waals surface area contributed by atoms with Crippen LogP contribution in [0, 0.1) is 0 Å². The van der Waals surface area contributed by atoms with Gasteiger partial charge in [-0.1, -0.05) is 0 Å². The Morgan fingerprint density at radius 3 is 2.58 bits per heavy atom. The van der Waals surface area contributed by atoms with E-state index < -0.39 is 11.4 Å². The van der Waals surface area contributed by atoms with E-state index in [1.165, 1.54) is 10.9 Å². The van der Waals surface area contributed by atoms with Crippen molar-refractivity contribution in [1.82, 2.24) is 9.78 Å². The Labute approximate surface area is 70.3 Å². The quantitative estimate of drug-likeness (QED) is 0.634. The average molecular weight is 168 g/mol. The summed E-state index contributed by atoms with van der Waals surface area (Å²) < 4.78 is 1.45. The van der Waals surface area contributed by atoms with Crippen LogP contribution >= 0.6 is 0 Å². The van der Waals surface area contributed by atoms with Gasteiger partial charge in [0.15, 0.2) is 0 Å². The maximum atomic E-state index is 11.0. The summed E-state index contributed by atoms with van der Waals surface area (Å²) in [5, 5.41) is 3.90. The summed E-state index contributed by atoms with van der Waals surface area (Å²) in [5.41, 5.74) is 10.3. The number of aromatic nitrogens is 2. The van der Waals surface area contributed by atoms with E-state index in [1.807, 2.05) is 0 Å². The molecular formula is C7H12N4O. The molecule has 12 heavy (non-hydrogen) atoms. The molecule has 0 fully saturated rings. The predicted molar refractivity (Wildman–Crippen MR) is 45.2 cm³/mol. The summed E-state index contributed by atoms with van der Waals surface area (Å²) in [7, 11) is 0. The van der Waals surface area contributed by atoms with Crippen molar-refractivity contribution in [2.45, 2.75) is 19.4 Å². The molecule has 1 amide bonds. The second kappa shape index (κ2) is 2.51. The van der Waals surface area contributed by atoms with Crippen LogP contribution in [0.15, 0.2) is 12.4 Å². The molecule has 5 nitrogen and oxygen atoms in total. The lowest BCUT2D eigenvalue weighted by molar-refractivity contribution is -0.125. The molecular weight excluding hydrogens is 156 g/mol. The molecule has 1 rings (SSSR count). The molecule has 1 aromatic rings. The number of hydrogen-bond acceptors (Lipinski definition) is 3. The number of rotatable bonds is 2. The summed E-state index contributed by atoms with van der Waals surface area (Å²) in [6.07, 6.45) is 3.05. The van der Waals surface area contributed by atoms with Crippen LogP contribution in [-0.4, -0.2) is 15.7 Å². The molecule has 0 aromatic carbocycles. The maximum absolute atomic E-state index is 11.0. The third kappa shape index (κ3) is 1.25. The van der Waals surface area contributed by atoms with E-state index >= 15 is 0 Å². The van der Waals surface area contributed by atoms with Gasteiger partial charge in [-0.05, 0) is 13.8 Å². The van der Waals surface area contributed by atoms with Crippen molar-refractivity contribution in [1.29, 1.82) is 0 Å². The van der Waals surface area contributed by atoms with Gasteiger partial charge in [0.05, 0.1) is 11.9 Å². The lowest BCUT2D eigenvalue weighted by atomic mass is 10.1. The topological polar surface area (TPSA) is 86.9 Å². The molecule has 0 unspecified atom stereocenters. The molecule has 0 saturated carbocycles. The van der Waals surface area contributed by atoms with Crippen molar-refractivity contribution in [3.63, 3.8) is 0 Å². The van der Waals surface area contributed by atoms with Crippen molar-refractivity contribution >= 4 is 11.6 Å². The van der Waals surface area contributed by atoms with Crippen LogP contribution in [0.1, 0.15) is 13.8 Å². The Balaban J connectivity index is 3.05. The number of carbonyl (C=O) groups excluding carboxylic acids is 1. The normalized spacial score (nSPS) is 11.5. The van der Waals surface area contributed by atoms with Crippen LogP contribution < -0.4 is 11.5 Å². The van der Waals surface area contributed by atoms with E-state index in [0.29, 0.717) is 5.69 Å². The number of nitrogens with two attached hydrogens (primary N) is 2. The molecule has 5 heteroatoms. The van der Waals surface area contributed by atoms with Gasteiger partial charge in [0.25, 0.3) is 0 Å². The van der Waals surface area contributed by atoms with Gasteiger partial charge in [0.2, 0.25) is 5.91 Å². The largest absolute Gasteiger partial charge is 0.396 e. The number of hydrogen-bond donors (Lipinski definition) is 2. The molecule has 0 bridgehead atoms. The molecule has 4 N–H and O–H groups in total. The van der Waals surface area contributed by atoms with Gasteiger partial charge >= 0.3 is 0 Å². The number of carbonyl (C=O) groups is 1. The van der Waals surface area contributed by atoms with Crippen molar-refractivity contribution < 1.29 is 4.79 Å². The molecule has 0 spiro atoms. The standard InChI is InChI=1S/C7H12N4O/c1-7(2,6(9)12)11-4-5(8)3-10-11/h3-4H,8H2,1-2H3,(H2,9,12). The Morgan fingerprint density at radius 2 is 2.25 bits per heavy atom. The fourth-order valence-corrected chi connectivity index (χ4v) is 0.755. The summed E-state index contributed by atoms with van der Waals surface area (Å²) in [5.74, 6) is -0.439. The second-order valence-electron chi connectivity index (χ2n) is 3.14. The van der Waals surface area contributed by atoms with Crippen molar-refractivity contribution in [2.24, 2.45) is 5.73 Å². The lowest BCUT2D eigenvalue weighted by Gasteiger charge is -2.20. The third-order valence-electron chi connectivity index (χ3n) is 1.78. The molecule has 0 atom stereocenters. The van der Waals surface area contributed by atoms with E-state index in [1.54, 1.807) is 20.0 Å². The lowest BCUT2D eigenvalue weighted by Crippen LogP contribution is -2.41. The van der Waals surface area contributed by atoms with Crippen LogP contribution in [0.25, 0.3) is 0 Å². The monoisotopic (exact) mass is 168 g/mol. The van der Waals surface area contributed by atoms with Crippen LogP contribution in [0.2, 0.25) is 0 Å². The minimum atomic E-state index is -0.822. The van der Waals surface area contributed by atoms with Crippen LogP contribution in [-0.2, 0) is 10.3 Å². The predicted octanol–water partition coefficient (Wildman–Crippen LogP) is -0.314. The molecule has 1 heterocycles. The van der Waals surface area contributed by atoms with Gasteiger partial charge in [-0.15, -0.1) is 0 Å². The minimum absolute atomic E-state index is 0.439. The Bertz CT molecular complexity index is 302. The molecule has 0 aliphatic rings. The highest BCUT2D eigenvalue weighted by molar-refractivity contribution is 5.81. The third-order valence-corrected chi connectivity index (χ3v) is 1.78. The maximum Gasteiger partial charge on any atom is 0.244 e. The first kappa shape index (κ1) is 8.58. The molecule has 0 saturated heterocycles. The summed E-state index contributed by atoms with van der Waals surface area (Å²) in [6.45, 7) is 3.36. The zero-order chi connectivity index (χ0) is 9.35. The van der Waals surface area contributed by atoms with Crippen molar-refractivity contribution in [2.75, 3.05) is 5.73 Å². The first-order valence-corrected chi connectivity index (χ1v) is 3.55. The van der Waals surface area contributed by atoms with Crippen LogP contribution in [0.4, 0.5) is 5.69 Å². The highest BCUT2D eigenvalue weighted by atomic mass is 16.1. The SMILES string of the molecule is CC(C)(C(N)=O)n1cc(N)cn1. The summed E-state index contributed by atoms with van der Waals surface area (Å²) in [6, 6.07) is 0. The van der Waals surface area contributed by atoms with Crippen LogP contribution in [0.3, 0.4) is 0 Å².